The summed E-state index contributed by atoms with van der Waals surface area (Å²) in [6.45, 7) is 8.07. The number of aryl methyl sites for hydroxylation is 1. The second kappa shape index (κ2) is 7.18. The molecule has 0 aliphatic carbocycles. The first kappa shape index (κ1) is 17.9. The van der Waals surface area contributed by atoms with E-state index in [2.05, 4.69) is 20.8 Å². The van der Waals surface area contributed by atoms with Crippen LogP contribution in [0, 0.1) is 6.92 Å². The lowest BCUT2D eigenvalue weighted by molar-refractivity contribution is 0.275. The molecule has 4 nitrogen and oxygen atoms in total. The fourth-order valence-corrected chi connectivity index (χ4v) is 1.87. The highest BCUT2D eigenvalue weighted by molar-refractivity contribution is 5.66. The van der Waals surface area contributed by atoms with Gasteiger partial charge in [0, 0.05) is 5.56 Å². The van der Waals surface area contributed by atoms with E-state index in [4.69, 9.17) is 16.6 Å². The van der Waals surface area contributed by atoms with E-state index in [1.807, 2.05) is 25.1 Å². The summed E-state index contributed by atoms with van der Waals surface area (Å²) in [6, 6.07) is 11.0. The Morgan fingerprint density at radius 3 is 2.09 bits per heavy atom. The number of aliphatic hydroxyl groups excluding tert-OH is 1. The number of nitrogens with two attached hydrogens (primary N) is 2. The average molecular weight is 302 g/mol. The highest BCUT2D eigenvalue weighted by Crippen LogP contribution is 2.27. The van der Waals surface area contributed by atoms with Crippen molar-refractivity contribution in [2.75, 3.05) is 11.5 Å². The third kappa shape index (κ3) is 4.67. The Kier molecular flexibility index (Phi) is 5.83. The van der Waals surface area contributed by atoms with Crippen LogP contribution in [0.4, 0.5) is 11.4 Å². The molecule has 2 aromatic rings. The summed E-state index contributed by atoms with van der Waals surface area (Å²) in [6.07, 6.45) is 0. The van der Waals surface area contributed by atoms with Gasteiger partial charge >= 0.3 is 0 Å². The molecule has 2 aromatic carbocycles. The number of para-hydroxylation sites is 1. The molecular weight excluding hydrogens is 276 g/mol. The zero-order valence-electron chi connectivity index (χ0n) is 13.7. The highest BCUT2D eigenvalue weighted by Gasteiger charge is 2.14. The van der Waals surface area contributed by atoms with Gasteiger partial charge in [-0.2, -0.15) is 0 Å². The van der Waals surface area contributed by atoms with Crippen molar-refractivity contribution in [3.63, 3.8) is 0 Å². The minimum Gasteiger partial charge on any atom is -0.508 e. The maximum atomic E-state index is 9.49. The summed E-state index contributed by atoms with van der Waals surface area (Å²) in [5.41, 5.74) is 15.1. The maximum Gasteiger partial charge on any atom is 0.121 e. The number of aliphatic hydroxyl groups is 1. The van der Waals surface area contributed by atoms with Crippen LogP contribution in [0.2, 0.25) is 0 Å². The first-order valence-electron chi connectivity index (χ1n) is 7.20. The van der Waals surface area contributed by atoms with Gasteiger partial charge in [0.1, 0.15) is 5.75 Å². The molecule has 0 aromatic heterocycles. The topological polar surface area (TPSA) is 92.5 Å². The van der Waals surface area contributed by atoms with Crippen molar-refractivity contribution in [1.82, 2.24) is 0 Å². The SMILES string of the molecule is CC(C)(C)c1ccc(CO)c(O)c1.Cc1cccc(N)c1N. The van der Waals surface area contributed by atoms with Crippen LogP contribution in [-0.2, 0) is 12.0 Å². The van der Waals surface area contributed by atoms with Crippen LogP contribution in [0.25, 0.3) is 0 Å². The Labute approximate surface area is 132 Å². The Morgan fingerprint density at radius 2 is 1.68 bits per heavy atom. The molecule has 0 fully saturated rings. The predicted molar refractivity (Wildman–Crippen MR) is 92.7 cm³/mol. The minimum absolute atomic E-state index is 0.0332. The van der Waals surface area contributed by atoms with Crippen LogP contribution >= 0.6 is 0 Å². The van der Waals surface area contributed by atoms with Crippen molar-refractivity contribution in [3.05, 3.63) is 53.1 Å². The number of aromatic hydroxyl groups is 1. The lowest BCUT2D eigenvalue weighted by atomic mass is 9.86. The van der Waals surface area contributed by atoms with Gasteiger partial charge in [0.2, 0.25) is 0 Å². The molecule has 0 unspecified atom stereocenters. The number of hydrogen-bond acceptors (Lipinski definition) is 4. The normalized spacial score (nSPS) is 10.8. The maximum absolute atomic E-state index is 9.49. The monoisotopic (exact) mass is 302 g/mol. The van der Waals surface area contributed by atoms with Crippen LogP contribution in [-0.4, -0.2) is 10.2 Å². The van der Waals surface area contributed by atoms with Crippen molar-refractivity contribution < 1.29 is 10.2 Å². The molecule has 0 saturated carbocycles. The van der Waals surface area contributed by atoms with Crippen LogP contribution in [0.5, 0.6) is 5.75 Å². The van der Waals surface area contributed by atoms with Gasteiger partial charge in [0.25, 0.3) is 0 Å². The first-order valence-corrected chi connectivity index (χ1v) is 7.20. The Balaban J connectivity index is 0.000000235. The molecule has 0 bridgehead atoms. The number of benzene rings is 2. The van der Waals surface area contributed by atoms with Gasteiger partial charge in [-0.25, -0.2) is 0 Å². The van der Waals surface area contributed by atoms with Gasteiger partial charge in [-0.15, -0.1) is 0 Å². The van der Waals surface area contributed by atoms with E-state index in [0.717, 1.165) is 11.1 Å². The second-order valence-electron chi connectivity index (χ2n) is 6.33. The first-order chi connectivity index (χ1) is 10.2. The Hall–Kier alpha value is -2.20. The van der Waals surface area contributed by atoms with Gasteiger partial charge in [-0.3, -0.25) is 0 Å². The van der Waals surface area contributed by atoms with Gasteiger partial charge in [0.15, 0.2) is 0 Å². The molecule has 2 rings (SSSR count). The Bertz CT molecular complexity index is 611. The standard InChI is InChI=1S/C11H16O2.C7H10N2/c1-11(2,3)9-5-4-8(7-12)10(13)6-9;1-5-3-2-4-6(8)7(5)9/h4-6,12-13H,7H2,1-3H3;2-4H,8-9H2,1H3. The molecule has 22 heavy (non-hydrogen) atoms. The summed E-state index contributed by atoms with van der Waals surface area (Å²) < 4.78 is 0. The second-order valence-corrected chi connectivity index (χ2v) is 6.33. The van der Waals surface area contributed by atoms with Crippen LogP contribution < -0.4 is 11.5 Å². The molecule has 6 N–H and O–H groups in total. The van der Waals surface area contributed by atoms with Gasteiger partial charge in [-0.05, 0) is 35.6 Å². The summed E-state index contributed by atoms with van der Waals surface area (Å²) in [5, 5.41) is 18.3. The van der Waals surface area contributed by atoms with E-state index in [-0.39, 0.29) is 17.8 Å². The molecule has 0 saturated heterocycles. The fourth-order valence-electron chi connectivity index (χ4n) is 1.87. The average Bonchev–Trinajstić information content (AvgIpc) is 2.44. The lowest BCUT2D eigenvalue weighted by Gasteiger charge is -2.19. The van der Waals surface area contributed by atoms with E-state index in [1.54, 1.807) is 18.2 Å². The van der Waals surface area contributed by atoms with Crippen molar-refractivity contribution in [3.8, 4) is 5.75 Å². The molecule has 0 spiro atoms. The lowest BCUT2D eigenvalue weighted by Crippen LogP contribution is -2.10. The van der Waals surface area contributed by atoms with E-state index in [0.29, 0.717) is 16.9 Å². The molecule has 0 aliphatic rings. The summed E-state index contributed by atoms with van der Waals surface area (Å²) in [4.78, 5) is 0. The molecular formula is C18H26N2O2. The molecule has 0 heterocycles. The molecule has 0 radical (unpaired) electrons. The smallest absolute Gasteiger partial charge is 0.121 e. The van der Waals surface area contributed by atoms with Crippen LogP contribution in [0.1, 0.15) is 37.5 Å². The van der Waals surface area contributed by atoms with E-state index < -0.39 is 0 Å². The fraction of sp³-hybridized carbons (Fsp3) is 0.333. The van der Waals surface area contributed by atoms with E-state index >= 15 is 0 Å². The largest absolute Gasteiger partial charge is 0.508 e. The molecule has 0 amide bonds. The van der Waals surface area contributed by atoms with Crippen molar-refractivity contribution in [2.45, 2.75) is 39.7 Å². The van der Waals surface area contributed by atoms with Crippen molar-refractivity contribution in [1.29, 1.82) is 0 Å². The molecule has 0 atom stereocenters. The number of nitrogen functional groups attached to an aromatic ring is 2. The van der Waals surface area contributed by atoms with Crippen molar-refractivity contribution >= 4 is 11.4 Å². The summed E-state index contributed by atoms with van der Waals surface area (Å²) >= 11 is 0. The van der Waals surface area contributed by atoms with Crippen LogP contribution in [0.3, 0.4) is 0 Å². The number of anilines is 2. The highest BCUT2D eigenvalue weighted by atomic mass is 16.3. The van der Waals surface area contributed by atoms with Gasteiger partial charge < -0.3 is 21.7 Å². The number of phenols is 1. The third-order valence-corrected chi connectivity index (χ3v) is 3.48. The summed E-state index contributed by atoms with van der Waals surface area (Å²) in [5.74, 6) is 0.176. The number of rotatable bonds is 1. The Morgan fingerprint density at radius 1 is 1.05 bits per heavy atom. The number of hydrogen-bond donors (Lipinski definition) is 4. The predicted octanol–water partition coefficient (Wildman–Crippen LogP) is 3.34. The van der Waals surface area contributed by atoms with E-state index in [9.17, 15) is 5.11 Å². The van der Waals surface area contributed by atoms with E-state index in [1.165, 1.54) is 0 Å². The molecule has 120 valence electrons. The minimum atomic E-state index is -0.115. The van der Waals surface area contributed by atoms with Gasteiger partial charge in [-0.1, -0.05) is 45.0 Å². The van der Waals surface area contributed by atoms with Crippen LogP contribution in [0.15, 0.2) is 36.4 Å². The molecule has 4 heteroatoms. The zero-order chi connectivity index (χ0) is 16.9. The van der Waals surface area contributed by atoms with Gasteiger partial charge in [0.05, 0.1) is 18.0 Å². The third-order valence-electron chi connectivity index (χ3n) is 3.48. The molecule has 0 aliphatic heterocycles. The zero-order valence-corrected chi connectivity index (χ0v) is 13.7. The van der Waals surface area contributed by atoms with Crippen molar-refractivity contribution in [2.24, 2.45) is 0 Å². The summed E-state index contributed by atoms with van der Waals surface area (Å²) in [7, 11) is 0. The quantitative estimate of drug-likeness (QED) is 0.608.